The summed E-state index contributed by atoms with van der Waals surface area (Å²) < 4.78 is 0. The highest BCUT2D eigenvalue weighted by Crippen LogP contribution is 2.48. The van der Waals surface area contributed by atoms with Gasteiger partial charge in [0, 0.05) is 19.1 Å². The predicted octanol–water partition coefficient (Wildman–Crippen LogP) is 3.07. The number of carbonyl (C=O) groups is 1. The lowest BCUT2D eigenvalue weighted by atomic mass is 9.75. The summed E-state index contributed by atoms with van der Waals surface area (Å²) in [5.74, 6) is 2.47. The van der Waals surface area contributed by atoms with E-state index in [4.69, 9.17) is 5.73 Å². The minimum Gasteiger partial charge on any atom is -0.342 e. The van der Waals surface area contributed by atoms with Crippen molar-refractivity contribution in [2.24, 2.45) is 34.8 Å². The molecule has 0 radical (unpaired) electrons. The molecule has 3 rings (SSSR count). The van der Waals surface area contributed by atoms with Gasteiger partial charge in [-0.3, -0.25) is 4.79 Å². The lowest BCUT2D eigenvalue weighted by Crippen LogP contribution is -2.50. The summed E-state index contributed by atoms with van der Waals surface area (Å²) in [7, 11) is 0. The van der Waals surface area contributed by atoms with Gasteiger partial charge < -0.3 is 10.6 Å². The lowest BCUT2D eigenvalue weighted by Gasteiger charge is -2.41. The van der Waals surface area contributed by atoms with Gasteiger partial charge in [-0.15, -0.1) is 12.4 Å². The van der Waals surface area contributed by atoms with Crippen LogP contribution in [0.2, 0.25) is 0 Å². The van der Waals surface area contributed by atoms with Crippen LogP contribution in [-0.2, 0) is 4.79 Å². The Bertz CT molecular complexity index is 383. The topological polar surface area (TPSA) is 46.3 Å². The minimum atomic E-state index is 0. The standard InChI is InChI=1S/C17H30N2O.ClH/c1-17(2,3)13-6-8-19(9-7-13)16(20)14-11-4-5-12(10-11)15(14)18;/h11-15H,4-10,18H2,1-3H3;1H. The van der Waals surface area contributed by atoms with Crippen LogP contribution < -0.4 is 5.73 Å². The molecule has 2 N–H and O–H groups in total. The number of hydrogen-bond donors (Lipinski definition) is 1. The average molecular weight is 315 g/mol. The minimum absolute atomic E-state index is 0. The van der Waals surface area contributed by atoms with Gasteiger partial charge in [0.25, 0.3) is 0 Å². The Balaban J connectivity index is 0.00000161. The van der Waals surface area contributed by atoms with Crippen molar-refractivity contribution in [2.45, 2.75) is 58.9 Å². The van der Waals surface area contributed by atoms with Crippen molar-refractivity contribution < 1.29 is 4.79 Å². The molecule has 1 amide bonds. The molecule has 21 heavy (non-hydrogen) atoms. The number of carbonyl (C=O) groups excluding carboxylic acids is 1. The zero-order valence-corrected chi connectivity index (χ0v) is 14.5. The van der Waals surface area contributed by atoms with E-state index in [-0.39, 0.29) is 24.4 Å². The van der Waals surface area contributed by atoms with E-state index < -0.39 is 0 Å². The van der Waals surface area contributed by atoms with Crippen LogP contribution in [-0.4, -0.2) is 29.9 Å². The molecule has 1 saturated heterocycles. The summed E-state index contributed by atoms with van der Waals surface area (Å²) >= 11 is 0. The molecule has 3 nitrogen and oxygen atoms in total. The Hall–Kier alpha value is -0.280. The Morgan fingerprint density at radius 3 is 2.10 bits per heavy atom. The number of fused-ring (bicyclic) bond motifs is 2. The third-order valence-electron chi connectivity index (χ3n) is 6.30. The largest absolute Gasteiger partial charge is 0.342 e. The molecule has 0 spiro atoms. The fourth-order valence-corrected chi connectivity index (χ4v) is 4.88. The van der Waals surface area contributed by atoms with E-state index in [0.717, 1.165) is 31.8 Å². The molecule has 4 atom stereocenters. The van der Waals surface area contributed by atoms with E-state index in [1.165, 1.54) is 19.3 Å². The third kappa shape index (κ3) is 3.10. The molecule has 0 aromatic rings. The van der Waals surface area contributed by atoms with Gasteiger partial charge >= 0.3 is 0 Å². The van der Waals surface area contributed by atoms with Crippen molar-refractivity contribution in [3.8, 4) is 0 Å². The van der Waals surface area contributed by atoms with Crippen LogP contribution in [0.1, 0.15) is 52.9 Å². The van der Waals surface area contributed by atoms with E-state index >= 15 is 0 Å². The van der Waals surface area contributed by atoms with E-state index in [1.54, 1.807) is 0 Å². The first-order chi connectivity index (χ1) is 9.38. The van der Waals surface area contributed by atoms with Gasteiger partial charge in [-0.25, -0.2) is 0 Å². The van der Waals surface area contributed by atoms with Crippen molar-refractivity contribution in [1.29, 1.82) is 0 Å². The number of nitrogens with zero attached hydrogens (tertiary/aromatic N) is 1. The Kier molecular flexibility index (Phi) is 4.94. The average Bonchev–Trinajstić information content (AvgIpc) is 2.98. The molecule has 122 valence electrons. The molecule has 3 aliphatic rings. The highest BCUT2D eigenvalue weighted by Gasteiger charge is 2.50. The zero-order chi connectivity index (χ0) is 14.5. The van der Waals surface area contributed by atoms with Gasteiger partial charge in [-0.2, -0.15) is 0 Å². The highest BCUT2D eigenvalue weighted by molar-refractivity contribution is 5.85. The molecule has 1 heterocycles. The smallest absolute Gasteiger partial charge is 0.227 e. The molecule has 2 aliphatic carbocycles. The molecule has 4 unspecified atom stereocenters. The van der Waals surface area contributed by atoms with Crippen molar-refractivity contribution in [2.75, 3.05) is 13.1 Å². The first kappa shape index (κ1) is 17.1. The van der Waals surface area contributed by atoms with Crippen LogP contribution in [0.25, 0.3) is 0 Å². The molecule has 4 heteroatoms. The van der Waals surface area contributed by atoms with Gasteiger partial charge in [0.1, 0.15) is 0 Å². The second-order valence-corrected chi connectivity index (χ2v) is 8.40. The molecule has 1 aliphatic heterocycles. The fourth-order valence-electron chi connectivity index (χ4n) is 4.88. The summed E-state index contributed by atoms with van der Waals surface area (Å²) in [4.78, 5) is 14.9. The maximum Gasteiger partial charge on any atom is 0.227 e. The molecule has 2 saturated carbocycles. The van der Waals surface area contributed by atoms with E-state index in [9.17, 15) is 4.79 Å². The number of rotatable bonds is 1. The maximum atomic E-state index is 12.8. The molecular weight excluding hydrogens is 284 g/mol. The number of halogens is 1. The van der Waals surface area contributed by atoms with Crippen LogP contribution in [0, 0.1) is 29.1 Å². The number of amides is 1. The summed E-state index contributed by atoms with van der Waals surface area (Å²) in [5, 5.41) is 0. The summed E-state index contributed by atoms with van der Waals surface area (Å²) in [6, 6.07) is 0.140. The molecule has 2 bridgehead atoms. The van der Waals surface area contributed by atoms with Crippen molar-refractivity contribution >= 4 is 18.3 Å². The predicted molar refractivity (Wildman–Crippen MR) is 88.3 cm³/mol. The van der Waals surface area contributed by atoms with E-state index in [0.29, 0.717) is 23.2 Å². The zero-order valence-electron chi connectivity index (χ0n) is 13.7. The summed E-state index contributed by atoms with van der Waals surface area (Å²) in [6.07, 6.45) is 6.00. The van der Waals surface area contributed by atoms with Gasteiger partial charge in [-0.1, -0.05) is 20.8 Å². The number of nitrogens with two attached hydrogens (primary N) is 1. The van der Waals surface area contributed by atoms with Crippen LogP contribution >= 0.6 is 12.4 Å². The van der Waals surface area contributed by atoms with Crippen molar-refractivity contribution in [3.05, 3.63) is 0 Å². The monoisotopic (exact) mass is 314 g/mol. The van der Waals surface area contributed by atoms with E-state index in [2.05, 4.69) is 25.7 Å². The molecule has 0 aromatic heterocycles. The van der Waals surface area contributed by atoms with Crippen molar-refractivity contribution in [1.82, 2.24) is 4.90 Å². The second-order valence-electron chi connectivity index (χ2n) is 8.40. The second kappa shape index (κ2) is 6.08. The van der Waals surface area contributed by atoms with Gasteiger partial charge in [0.2, 0.25) is 5.91 Å². The number of likely N-dealkylation sites (tertiary alicyclic amines) is 1. The van der Waals surface area contributed by atoms with Crippen molar-refractivity contribution in [3.63, 3.8) is 0 Å². The Labute approximate surface area is 135 Å². The molecular formula is C17H31ClN2O. The van der Waals surface area contributed by atoms with Crippen LogP contribution in [0.4, 0.5) is 0 Å². The lowest BCUT2D eigenvalue weighted by molar-refractivity contribution is -0.139. The van der Waals surface area contributed by atoms with Crippen LogP contribution in [0.3, 0.4) is 0 Å². The van der Waals surface area contributed by atoms with Gasteiger partial charge in [0.05, 0.1) is 5.92 Å². The SMILES string of the molecule is CC(C)(C)C1CCN(C(=O)C2C3CCC(C3)C2N)CC1.Cl. The van der Waals surface area contributed by atoms with Gasteiger partial charge in [0.15, 0.2) is 0 Å². The summed E-state index contributed by atoms with van der Waals surface area (Å²) in [6.45, 7) is 8.85. The molecule has 3 fully saturated rings. The normalized spacial score (nSPS) is 36.7. The van der Waals surface area contributed by atoms with Gasteiger partial charge in [-0.05, 0) is 55.3 Å². The maximum absolute atomic E-state index is 12.8. The quantitative estimate of drug-likeness (QED) is 0.808. The number of hydrogen-bond acceptors (Lipinski definition) is 2. The van der Waals surface area contributed by atoms with E-state index in [1.807, 2.05) is 0 Å². The Morgan fingerprint density at radius 1 is 1.05 bits per heavy atom. The Morgan fingerprint density at radius 2 is 1.62 bits per heavy atom. The number of piperidine rings is 1. The first-order valence-electron chi connectivity index (χ1n) is 8.42. The van der Waals surface area contributed by atoms with Crippen LogP contribution in [0.15, 0.2) is 0 Å². The summed E-state index contributed by atoms with van der Waals surface area (Å²) in [5.41, 5.74) is 6.69. The third-order valence-corrected chi connectivity index (χ3v) is 6.30. The molecule has 0 aromatic carbocycles. The highest BCUT2D eigenvalue weighted by atomic mass is 35.5. The fraction of sp³-hybridized carbons (Fsp3) is 0.941. The first-order valence-corrected chi connectivity index (χ1v) is 8.42. The van der Waals surface area contributed by atoms with Crippen LogP contribution in [0.5, 0.6) is 0 Å².